The topological polar surface area (TPSA) is 25.2 Å². The average molecular weight is 237 g/mol. The Hall–Kier alpha value is -1.48. The Morgan fingerprint density at radius 1 is 1.38 bits per heavy atom. The highest BCUT2D eigenvalue weighted by molar-refractivity contribution is 6.31. The number of carbonyl (C=O) groups is 1. The van der Waals surface area contributed by atoms with Gasteiger partial charge in [0.15, 0.2) is 0 Å². The van der Waals surface area contributed by atoms with Crippen molar-refractivity contribution in [3.63, 3.8) is 0 Å². The molecule has 0 unspecified atom stereocenters. The molecular formula is C12H13ClN2O. The van der Waals surface area contributed by atoms with Crippen molar-refractivity contribution in [2.24, 2.45) is 7.05 Å². The molecule has 0 saturated heterocycles. The van der Waals surface area contributed by atoms with Crippen molar-refractivity contribution in [2.75, 3.05) is 14.1 Å². The van der Waals surface area contributed by atoms with E-state index in [9.17, 15) is 4.79 Å². The van der Waals surface area contributed by atoms with Gasteiger partial charge < -0.3 is 9.47 Å². The van der Waals surface area contributed by atoms with Crippen LogP contribution in [0.3, 0.4) is 0 Å². The van der Waals surface area contributed by atoms with Crippen LogP contribution in [0.5, 0.6) is 0 Å². The van der Waals surface area contributed by atoms with Gasteiger partial charge in [-0.25, -0.2) is 0 Å². The summed E-state index contributed by atoms with van der Waals surface area (Å²) in [6.07, 6.45) is 1.84. The van der Waals surface area contributed by atoms with Crippen LogP contribution in [0.15, 0.2) is 24.4 Å². The minimum absolute atomic E-state index is 0.00660. The lowest BCUT2D eigenvalue weighted by Gasteiger charge is -2.08. The number of amides is 1. The van der Waals surface area contributed by atoms with E-state index in [1.54, 1.807) is 19.0 Å². The molecule has 0 N–H and O–H groups in total. The summed E-state index contributed by atoms with van der Waals surface area (Å²) in [6.45, 7) is 0. The average Bonchev–Trinajstić information content (AvgIpc) is 2.54. The molecule has 2 rings (SSSR count). The smallest absolute Gasteiger partial charge is 0.255 e. The summed E-state index contributed by atoms with van der Waals surface area (Å²) in [5.74, 6) is -0.00660. The summed E-state index contributed by atoms with van der Waals surface area (Å²) in [7, 11) is 5.40. The fraction of sp³-hybridized carbons (Fsp3) is 0.250. The Balaban J connectivity index is 2.71. The van der Waals surface area contributed by atoms with Gasteiger partial charge in [-0.1, -0.05) is 11.6 Å². The number of carbonyl (C=O) groups excluding carboxylic acids is 1. The number of benzene rings is 1. The molecule has 0 atom stereocenters. The maximum absolute atomic E-state index is 12.0. The molecule has 0 spiro atoms. The lowest BCUT2D eigenvalue weighted by Crippen LogP contribution is -2.21. The number of rotatable bonds is 1. The Kier molecular flexibility index (Phi) is 2.64. The standard InChI is InChI=1S/C12H13ClN2O/c1-14(2)12(16)10-7-15(3)11-5-4-8(13)6-9(10)11/h4-7H,1-3H3. The van der Waals surface area contributed by atoms with Gasteiger partial charge in [-0.15, -0.1) is 0 Å². The number of hydrogen-bond donors (Lipinski definition) is 0. The molecule has 1 amide bonds. The Morgan fingerprint density at radius 3 is 2.69 bits per heavy atom. The number of nitrogens with zero attached hydrogens (tertiary/aromatic N) is 2. The van der Waals surface area contributed by atoms with Crippen LogP contribution in [0.2, 0.25) is 5.02 Å². The summed E-state index contributed by atoms with van der Waals surface area (Å²) in [4.78, 5) is 13.5. The van der Waals surface area contributed by atoms with Crippen LogP contribution in [-0.4, -0.2) is 29.5 Å². The highest BCUT2D eigenvalue weighted by atomic mass is 35.5. The van der Waals surface area contributed by atoms with E-state index in [0.29, 0.717) is 10.6 Å². The van der Waals surface area contributed by atoms with Gasteiger partial charge in [-0.05, 0) is 18.2 Å². The number of hydrogen-bond acceptors (Lipinski definition) is 1. The molecule has 84 valence electrons. The largest absolute Gasteiger partial charge is 0.350 e. The molecule has 16 heavy (non-hydrogen) atoms. The first-order valence-electron chi connectivity index (χ1n) is 4.97. The molecule has 1 aromatic heterocycles. The highest BCUT2D eigenvalue weighted by Crippen LogP contribution is 2.24. The molecule has 0 bridgehead atoms. The van der Waals surface area contributed by atoms with Crippen molar-refractivity contribution in [3.8, 4) is 0 Å². The Morgan fingerprint density at radius 2 is 2.06 bits per heavy atom. The van der Waals surface area contributed by atoms with E-state index >= 15 is 0 Å². The van der Waals surface area contributed by atoms with Gasteiger partial charge in [0.2, 0.25) is 0 Å². The van der Waals surface area contributed by atoms with Crippen LogP contribution in [0.4, 0.5) is 0 Å². The van der Waals surface area contributed by atoms with E-state index in [1.165, 1.54) is 0 Å². The summed E-state index contributed by atoms with van der Waals surface area (Å²) >= 11 is 5.95. The lowest BCUT2D eigenvalue weighted by atomic mass is 10.1. The molecule has 0 aliphatic rings. The first kappa shape index (κ1) is 11.0. The second kappa shape index (κ2) is 3.83. The number of aromatic nitrogens is 1. The molecule has 0 aliphatic carbocycles. The van der Waals surface area contributed by atoms with E-state index in [4.69, 9.17) is 11.6 Å². The monoisotopic (exact) mass is 236 g/mol. The first-order valence-corrected chi connectivity index (χ1v) is 5.34. The highest BCUT2D eigenvalue weighted by Gasteiger charge is 2.15. The zero-order chi connectivity index (χ0) is 11.9. The normalized spacial score (nSPS) is 10.8. The van der Waals surface area contributed by atoms with Gasteiger partial charge in [0.1, 0.15) is 0 Å². The van der Waals surface area contributed by atoms with Gasteiger partial charge in [0.25, 0.3) is 5.91 Å². The molecule has 1 heterocycles. The zero-order valence-corrected chi connectivity index (χ0v) is 10.2. The minimum Gasteiger partial charge on any atom is -0.350 e. The fourth-order valence-electron chi connectivity index (χ4n) is 1.78. The molecule has 2 aromatic rings. The lowest BCUT2D eigenvalue weighted by molar-refractivity contribution is 0.0829. The zero-order valence-electron chi connectivity index (χ0n) is 9.49. The van der Waals surface area contributed by atoms with Crippen LogP contribution < -0.4 is 0 Å². The molecule has 3 nitrogen and oxygen atoms in total. The van der Waals surface area contributed by atoms with Crippen molar-refractivity contribution in [2.45, 2.75) is 0 Å². The predicted molar refractivity (Wildman–Crippen MR) is 65.9 cm³/mol. The van der Waals surface area contributed by atoms with Crippen LogP contribution in [-0.2, 0) is 7.05 Å². The number of halogens is 1. The number of fused-ring (bicyclic) bond motifs is 1. The van der Waals surface area contributed by atoms with E-state index < -0.39 is 0 Å². The third-order valence-corrected chi connectivity index (χ3v) is 2.82. The van der Waals surface area contributed by atoms with Gasteiger partial charge in [-0.3, -0.25) is 4.79 Å². The van der Waals surface area contributed by atoms with Crippen molar-refractivity contribution in [1.29, 1.82) is 0 Å². The van der Waals surface area contributed by atoms with Crippen LogP contribution in [0.1, 0.15) is 10.4 Å². The quantitative estimate of drug-likeness (QED) is 0.747. The Bertz CT molecular complexity index is 557. The molecule has 0 fully saturated rings. The predicted octanol–water partition coefficient (Wildman–Crippen LogP) is 2.53. The fourth-order valence-corrected chi connectivity index (χ4v) is 1.95. The van der Waals surface area contributed by atoms with Crippen molar-refractivity contribution in [3.05, 3.63) is 35.0 Å². The van der Waals surface area contributed by atoms with Crippen LogP contribution in [0.25, 0.3) is 10.9 Å². The third-order valence-electron chi connectivity index (χ3n) is 2.59. The van der Waals surface area contributed by atoms with Gasteiger partial charge in [0, 0.05) is 43.3 Å². The van der Waals surface area contributed by atoms with E-state index in [-0.39, 0.29) is 5.91 Å². The molecule has 1 aromatic carbocycles. The van der Waals surface area contributed by atoms with Gasteiger partial charge in [0.05, 0.1) is 5.56 Å². The van der Waals surface area contributed by atoms with Crippen molar-refractivity contribution < 1.29 is 4.79 Å². The maximum atomic E-state index is 12.0. The van der Waals surface area contributed by atoms with E-state index in [2.05, 4.69) is 0 Å². The SMILES string of the molecule is CN(C)C(=O)c1cn(C)c2ccc(Cl)cc12. The molecule has 4 heteroatoms. The minimum atomic E-state index is -0.00660. The second-order valence-corrected chi connectivity index (χ2v) is 4.45. The van der Waals surface area contributed by atoms with Crippen LogP contribution in [0, 0.1) is 0 Å². The first-order chi connectivity index (χ1) is 7.50. The summed E-state index contributed by atoms with van der Waals surface area (Å²) in [5, 5.41) is 1.54. The summed E-state index contributed by atoms with van der Waals surface area (Å²) < 4.78 is 1.93. The van der Waals surface area contributed by atoms with Gasteiger partial charge >= 0.3 is 0 Å². The van der Waals surface area contributed by atoms with E-state index in [0.717, 1.165) is 10.9 Å². The maximum Gasteiger partial charge on any atom is 0.255 e. The molecular weight excluding hydrogens is 224 g/mol. The molecule has 0 radical (unpaired) electrons. The van der Waals surface area contributed by atoms with Gasteiger partial charge in [-0.2, -0.15) is 0 Å². The van der Waals surface area contributed by atoms with Crippen molar-refractivity contribution >= 4 is 28.4 Å². The Labute approximate surface area is 99.2 Å². The third kappa shape index (κ3) is 1.67. The molecule has 0 saturated carbocycles. The summed E-state index contributed by atoms with van der Waals surface area (Å²) in [5.41, 5.74) is 1.69. The van der Waals surface area contributed by atoms with Crippen LogP contribution >= 0.6 is 11.6 Å². The van der Waals surface area contributed by atoms with Crippen molar-refractivity contribution in [1.82, 2.24) is 9.47 Å². The number of aryl methyl sites for hydroxylation is 1. The van der Waals surface area contributed by atoms with E-state index in [1.807, 2.05) is 36.0 Å². The molecule has 0 aliphatic heterocycles. The summed E-state index contributed by atoms with van der Waals surface area (Å²) in [6, 6.07) is 5.57. The second-order valence-electron chi connectivity index (χ2n) is 4.01.